The van der Waals surface area contributed by atoms with Crippen molar-refractivity contribution < 1.29 is 4.79 Å². The molecule has 0 amide bonds. The Hall–Kier alpha value is -0.760. The van der Waals surface area contributed by atoms with Gasteiger partial charge >= 0.3 is 0 Å². The minimum atomic E-state index is -0.188. The molecule has 0 spiro atoms. The van der Waals surface area contributed by atoms with Crippen LogP contribution in [0.4, 0.5) is 0 Å². The molecule has 2 heteroatoms. The molecule has 0 N–H and O–H groups in total. The van der Waals surface area contributed by atoms with E-state index >= 15 is 0 Å². The van der Waals surface area contributed by atoms with Crippen LogP contribution in [0.3, 0.4) is 0 Å². The number of benzene rings is 1. The lowest BCUT2D eigenvalue weighted by atomic mass is 9.90. The van der Waals surface area contributed by atoms with E-state index in [1.165, 1.54) is 11.1 Å². The number of ketones is 1. The SMILES string of the molecule is Cc1cc(C)c(C(=O)C2(C)CCCS2)cc1C. The third-order valence-corrected chi connectivity index (χ3v) is 5.30. The van der Waals surface area contributed by atoms with E-state index in [2.05, 4.69) is 32.9 Å². The standard InChI is InChI=1S/C15H20OS/c1-10-8-12(3)13(9-11(10)2)14(16)15(4)6-5-7-17-15/h8-9H,5-7H2,1-4H3. The molecule has 1 aliphatic rings. The molecule has 0 aromatic heterocycles. The van der Waals surface area contributed by atoms with Gasteiger partial charge in [-0.25, -0.2) is 0 Å². The van der Waals surface area contributed by atoms with Crippen molar-refractivity contribution in [3.63, 3.8) is 0 Å². The van der Waals surface area contributed by atoms with Gasteiger partial charge in [0.05, 0.1) is 4.75 Å². The zero-order valence-electron chi connectivity index (χ0n) is 11.1. The zero-order chi connectivity index (χ0) is 12.6. The number of carbonyl (C=O) groups excluding carboxylic acids is 1. The quantitative estimate of drug-likeness (QED) is 0.734. The lowest BCUT2D eigenvalue weighted by molar-refractivity contribution is 0.0948. The molecule has 1 fully saturated rings. The fourth-order valence-electron chi connectivity index (χ4n) is 2.45. The number of Topliss-reactive ketones (excluding diaryl/α,β-unsaturated/α-hetero) is 1. The van der Waals surface area contributed by atoms with Crippen LogP contribution < -0.4 is 0 Å². The summed E-state index contributed by atoms with van der Waals surface area (Å²) >= 11 is 1.82. The van der Waals surface area contributed by atoms with Crippen LogP contribution >= 0.6 is 11.8 Å². The Labute approximate surface area is 108 Å². The van der Waals surface area contributed by atoms with Gasteiger partial charge in [-0.1, -0.05) is 6.07 Å². The van der Waals surface area contributed by atoms with Gasteiger partial charge in [0.15, 0.2) is 5.78 Å². The van der Waals surface area contributed by atoms with Crippen molar-refractivity contribution in [1.29, 1.82) is 0 Å². The summed E-state index contributed by atoms with van der Waals surface area (Å²) in [5.74, 6) is 1.44. The van der Waals surface area contributed by atoms with E-state index < -0.39 is 0 Å². The van der Waals surface area contributed by atoms with Gasteiger partial charge in [-0.05, 0) is 69.0 Å². The second-order valence-electron chi connectivity index (χ2n) is 5.26. The van der Waals surface area contributed by atoms with Crippen LogP contribution in [-0.2, 0) is 0 Å². The fraction of sp³-hybridized carbons (Fsp3) is 0.533. The van der Waals surface area contributed by atoms with Gasteiger partial charge in [0.2, 0.25) is 0 Å². The Morgan fingerprint density at radius 2 is 1.82 bits per heavy atom. The van der Waals surface area contributed by atoms with Crippen LogP contribution in [0.1, 0.15) is 46.8 Å². The summed E-state index contributed by atoms with van der Waals surface area (Å²) in [4.78, 5) is 12.6. The van der Waals surface area contributed by atoms with Crippen molar-refractivity contribution in [2.45, 2.75) is 45.3 Å². The maximum absolute atomic E-state index is 12.6. The van der Waals surface area contributed by atoms with Crippen molar-refractivity contribution >= 4 is 17.5 Å². The summed E-state index contributed by atoms with van der Waals surface area (Å²) in [5, 5.41) is 0. The summed E-state index contributed by atoms with van der Waals surface area (Å²) in [7, 11) is 0. The number of hydrogen-bond donors (Lipinski definition) is 0. The van der Waals surface area contributed by atoms with Gasteiger partial charge in [-0.3, -0.25) is 4.79 Å². The van der Waals surface area contributed by atoms with E-state index in [4.69, 9.17) is 0 Å². The molecule has 1 aromatic rings. The van der Waals surface area contributed by atoms with E-state index in [9.17, 15) is 4.79 Å². The largest absolute Gasteiger partial charge is 0.293 e. The van der Waals surface area contributed by atoms with E-state index in [0.29, 0.717) is 5.78 Å². The minimum Gasteiger partial charge on any atom is -0.293 e. The molecular formula is C15H20OS. The Kier molecular flexibility index (Phi) is 3.35. The molecule has 0 saturated carbocycles. The average Bonchev–Trinajstić information content (AvgIpc) is 2.71. The van der Waals surface area contributed by atoms with Crippen molar-refractivity contribution in [3.05, 3.63) is 34.4 Å². The lowest BCUT2D eigenvalue weighted by Crippen LogP contribution is -2.29. The van der Waals surface area contributed by atoms with E-state index in [1.54, 1.807) is 0 Å². The number of thioether (sulfide) groups is 1. The summed E-state index contributed by atoms with van der Waals surface area (Å²) < 4.78 is -0.188. The zero-order valence-corrected chi connectivity index (χ0v) is 11.9. The van der Waals surface area contributed by atoms with Gasteiger partial charge in [-0.2, -0.15) is 0 Å². The summed E-state index contributed by atoms with van der Waals surface area (Å²) in [6.07, 6.45) is 2.18. The average molecular weight is 248 g/mol. The second-order valence-corrected chi connectivity index (χ2v) is 6.86. The van der Waals surface area contributed by atoms with Crippen LogP contribution in [0.5, 0.6) is 0 Å². The van der Waals surface area contributed by atoms with Crippen molar-refractivity contribution in [3.8, 4) is 0 Å². The van der Waals surface area contributed by atoms with Crippen molar-refractivity contribution in [2.24, 2.45) is 0 Å². The van der Waals surface area contributed by atoms with E-state index in [1.807, 2.05) is 18.7 Å². The second kappa shape index (κ2) is 4.49. The van der Waals surface area contributed by atoms with Gasteiger partial charge in [0.25, 0.3) is 0 Å². The maximum Gasteiger partial charge on any atom is 0.178 e. The van der Waals surface area contributed by atoms with E-state index in [-0.39, 0.29) is 4.75 Å². The first kappa shape index (κ1) is 12.7. The number of hydrogen-bond acceptors (Lipinski definition) is 2. The predicted molar refractivity (Wildman–Crippen MR) is 75.1 cm³/mol. The number of carbonyl (C=O) groups is 1. The first-order valence-corrected chi connectivity index (χ1v) is 7.19. The van der Waals surface area contributed by atoms with Crippen molar-refractivity contribution in [2.75, 3.05) is 5.75 Å². The molecule has 0 radical (unpaired) electrons. The molecule has 17 heavy (non-hydrogen) atoms. The highest BCUT2D eigenvalue weighted by Gasteiger charge is 2.38. The minimum absolute atomic E-state index is 0.188. The normalized spacial score (nSPS) is 24.0. The van der Waals surface area contributed by atoms with Crippen LogP contribution in [0.15, 0.2) is 12.1 Å². The molecule has 1 heterocycles. The van der Waals surface area contributed by atoms with Crippen molar-refractivity contribution in [1.82, 2.24) is 0 Å². The monoisotopic (exact) mass is 248 g/mol. The highest BCUT2D eigenvalue weighted by atomic mass is 32.2. The topological polar surface area (TPSA) is 17.1 Å². The summed E-state index contributed by atoms with van der Waals surface area (Å²) in [6, 6.07) is 4.20. The molecular weight excluding hydrogens is 228 g/mol. The molecule has 1 atom stereocenters. The number of aryl methyl sites for hydroxylation is 3. The molecule has 1 unspecified atom stereocenters. The van der Waals surface area contributed by atoms with Crippen LogP contribution in [0.25, 0.3) is 0 Å². The predicted octanol–water partition coefficient (Wildman–Crippen LogP) is 4.08. The third kappa shape index (κ3) is 2.28. The molecule has 1 aromatic carbocycles. The summed E-state index contributed by atoms with van der Waals surface area (Å²) in [5.41, 5.74) is 4.52. The molecule has 1 saturated heterocycles. The number of rotatable bonds is 2. The van der Waals surface area contributed by atoms with Crippen LogP contribution in [0, 0.1) is 20.8 Å². The molecule has 1 nitrogen and oxygen atoms in total. The lowest BCUT2D eigenvalue weighted by Gasteiger charge is -2.22. The Morgan fingerprint density at radius 1 is 1.18 bits per heavy atom. The van der Waals surface area contributed by atoms with Gasteiger partial charge < -0.3 is 0 Å². The van der Waals surface area contributed by atoms with Crippen LogP contribution in [0.2, 0.25) is 0 Å². The maximum atomic E-state index is 12.6. The Balaban J connectivity index is 2.40. The highest BCUT2D eigenvalue weighted by Crippen LogP contribution is 2.40. The molecule has 0 bridgehead atoms. The van der Waals surface area contributed by atoms with Gasteiger partial charge in [-0.15, -0.1) is 11.8 Å². The molecule has 1 aliphatic heterocycles. The molecule has 2 rings (SSSR count). The summed E-state index contributed by atoms with van der Waals surface area (Å²) in [6.45, 7) is 8.32. The van der Waals surface area contributed by atoms with Gasteiger partial charge in [0, 0.05) is 5.56 Å². The van der Waals surface area contributed by atoms with E-state index in [0.717, 1.165) is 29.7 Å². The fourth-order valence-corrected chi connectivity index (χ4v) is 3.72. The first-order valence-electron chi connectivity index (χ1n) is 6.21. The molecule has 0 aliphatic carbocycles. The Bertz CT molecular complexity index is 456. The van der Waals surface area contributed by atoms with Crippen LogP contribution in [-0.4, -0.2) is 16.3 Å². The molecule has 92 valence electrons. The highest BCUT2D eigenvalue weighted by molar-refractivity contribution is 8.01. The Morgan fingerprint density at radius 3 is 2.41 bits per heavy atom. The smallest absolute Gasteiger partial charge is 0.178 e. The first-order chi connectivity index (χ1) is 7.94. The third-order valence-electron chi connectivity index (χ3n) is 3.78. The van der Waals surface area contributed by atoms with Gasteiger partial charge in [0.1, 0.15) is 0 Å².